The standard InChI is InChI=1S/C13H12N4O/c1-18-11-5-3-2-4-10(11)9-7-15-13-6-12(14)16-17(13)8-9/h2-8H,1H3,(H2,14,16). The molecule has 0 aliphatic rings. The number of methoxy groups -OCH3 is 1. The molecule has 0 spiro atoms. The molecule has 18 heavy (non-hydrogen) atoms. The topological polar surface area (TPSA) is 65.4 Å². The molecular formula is C13H12N4O. The first-order valence-electron chi connectivity index (χ1n) is 5.52. The van der Waals surface area contributed by atoms with Gasteiger partial charge in [0.25, 0.3) is 0 Å². The summed E-state index contributed by atoms with van der Waals surface area (Å²) in [4.78, 5) is 4.32. The van der Waals surface area contributed by atoms with Crippen molar-refractivity contribution in [3.8, 4) is 16.9 Å². The van der Waals surface area contributed by atoms with Gasteiger partial charge in [0.15, 0.2) is 5.65 Å². The average molecular weight is 240 g/mol. The maximum Gasteiger partial charge on any atom is 0.157 e. The molecule has 0 amide bonds. The summed E-state index contributed by atoms with van der Waals surface area (Å²) in [5.41, 5.74) is 8.28. The lowest BCUT2D eigenvalue weighted by Crippen LogP contribution is -1.94. The van der Waals surface area contributed by atoms with Crippen LogP contribution in [0.1, 0.15) is 0 Å². The minimum absolute atomic E-state index is 0.458. The number of fused-ring (bicyclic) bond motifs is 1. The summed E-state index contributed by atoms with van der Waals surface area (Å²) < 4.78 is 7.00. The van der Waals surface area contributed by atoms with E-state index < -0.39 is 0 Å². The largest absolute Gasteiger partial charge is 0.496 e. The van der Waals surface area contributed by atoms with E-state index in [-0.39, 0.29) is 0 Å². The minimum Gasteiger partial charge on any atom is -0.496 e. The van der Waals surface area contributed by atoms with E-state index in [9.17, 15) is 0 Å². The van der Waals surface area contributed by atoms with Crippen molar-refractivity contribution in [1.29, 1.82) is 0 Å². The summed E-state index contributed by atoms with van der Waals surface area (Å²) in [7, 11) is 1.65. The first-order valence-corrected chi connectivity index (χ1v) is 5.52. The third-order valence-electron chi connectivity index (χ3n) is 2.75. The number of para-hydroxylation sites is 1. The van der Waals surface area contributed by atoms with Crippen molar-refractivity contribution in [1.82, 2.24) is 14.6 Å². The van der Waals surface area contributed by atoms with Crippen LogP contribution in [0.3, 0.4) is 0 Å². The van der Waals surface area contributed by atoms with E-state index in [1.807, 2.05) is 30.5 Å². The van der Waals surface area contributed by atoms with E-state index in [4.69, 9.17) is 10.5 Å². The Labute approximate surface area is 104 Å². The molecule has 0 aliphatic heterocycles. The zero-order valence-corrected chi connectivity index (χ0v) is 9.87. The van der Waals surface area contributed by atoms with Crippen LogP contribution in [0.25, 0.3) is 16.8 Å². The molecule has 0 atom stereocenters. The number of hydrogen-bond acceptors (Lipinski definition) is 4. The zero-order chi connectivity index (χ0) is 12.5. The molecular weight excluding hydrogens is 228 g/mol. The Morgan fingerprint density at radius 3 is 2.94 bits per heavy atom. The van der Waals surface area contributed by atoms with E-state index in [0.717, 1.165) is 22.5 Å². The predicted octanol–water partition coefficient (Wildman–Crippen LogP) is 1.99. The van der Waals surface area contributed by atoms with E-state index in [1.54, 1.807) is 23.9 Å². The van der Waals surface area contributed by atoms with Gasteiger partial charge in [-0.05, 0) is 6.07 Å². The second kappa shape index (κ2) is 4.03. The molecule has 1 aromatic carbocycles. The highest BCUT2D eigenvalue weighted by molar-refractivity contribution is 5.70. The Morgan fingerprint density at radius 1 is 1.28 bits per heavy atom. The first-order chi connectivity index (χ1) is 8.78. The van der Waals surface area contributed by atoms with Crippen LogP contribution in [0, 0.1) is 0 Å². The van der Waals surface area contributed by atoms with E-state index in [0.29, 0.717) is 5.82 Å². The van der Waals surface area contributed by atoms with Gasteiger partial charge >= 0.3 is 0 Å². The fourth-order valence-electron chi connectivity index (χ4n) is 1.92. The van der Waals surface area contributed by atoms with Crippen LogP contribution in [-0.4, -0.2) is 21.7 Å². The molecule has 3 aromatic rings. The first kappa shape index (κ1) is 10.6. The molecule has 3 rings (SSSR count). The van der Waals surface area contributed by atoms with Crippen molar-refractivity contribution in [3.63, 3.8) is 0 Å². The summed E-state index contributed by atoms with van der Waals surface area (Å²) >= 11 is 0. The van der Waals surface area contributed by atoms with Gasteiger partial charge in [-0.25, -0.2) is 9.50 Å². The molecule has 0 fully saturated rings. The van der Waals surface area contributed by atoms with Crippen molar-refractivity contribution < 1.29 is 4.74 Å². The van der Waals surface area contributed by atoms with Gasteiger partial charge in [0.2, 0.25) is 0 Å². The molecule has 0 bridgehead atoms. The molecule has 0 radical (unpaired) electrons. The molecule has 0 saturated heterocycles. The van der Waals surface area contributed by atoms with Gasteiger partial charge in [0.05, 0.1) is 7.11 Å². The molecule has 5 heteroatoms. The third-order valence-corrected chi connectivity index (χ3v) is 2.75. The highest BCUT2D eigenvalue weighted by atomic mass is 16.5. The van der Waals surface area contributed by atoms with Crippen molar-refractivity contribution in [2.75, 3.05) is 12.8 Å². The fourth-order valence-corrected chi connectivity index (χ4v) is 1.92. The Bertz CT molecular complexity index is 705. The van der Waals surface area contributed by atoms with Crippen molar-refractivity contribution in [2.45, 2.75) is 0 Å². The van der Waals surface area contributed by atoms with Gasteiger partial charge in [0, 0.05) is 29.6 Å². The van der Waals surface area contributed by atoms with E-state index in [1.165, 1.54) is 0 Å². The maximum absolute atomic E-state index is 5.64. The molecule has 0 aliphatic carbocycles. The van der Waals surface area contributed by atoms with Gasteiger partial charge < -0.3 is 10.5 Å². The quantitative estimate of drug-likeness (QED) is 0.744. The summed E-state index contributed by atoms with van der Waals surface area (Å²) in [5, 5.41) is 4.15. The van der Waals surface area contributed by atoms with Gasteiger partial charge in [-0.15, -0.1) is 5.10 Å². The lowest BCUT2D eigenvalue weighted by Gasteiger charge is -2.07. The Morgan fingerprint density at radius 2 is 2.11 bits per heavy atom. The number of rotatable bonds is 2. The van der Waals surface area contributed by atoms with Crippen molar-refractivity contribution in [3.05, 3.63) is 42.7 Å². The number of nitrogen functional groups attached to an aromatic ring is 1. The van der Waals surface area contributed by atoms with E-state index in [2.05, 4.69) is 10.1 Å². The Balaban J connectivity index is 2.18. The van der Waals surface area contributed by atoms with Crippen LogP contribution in [0.4, 0.5) is 5.82 Å². The second-order valence-corrected chi connectivity index (χ2v) is 3.91. The second-order valence-electron chi connectivity index (χ2n) is 3.91. The summed E-state index contributed by atoms with van der Waals surface area (Å²) in [6, 6.07) is 9.51. The Kier molecular flexibility index (Phi) is 2.37. The van der Waals surface area contributed by atoms with Crippen molar-refractivity contribution >= 4 is 11.5 Å². The highest BCUT2D eigenvalue weighted by Crippen LogP contribution is 2.28. The zero-order valence-electron chi connectivity index (χ0n) is 9.87. The normalized spacial score (nSPS) is 10.7. The van der Waals surface area contributed by atoms with Crippen molar-refractivity contribution in [2.24, 2.45) is 0 Å². The number of nitrogens with zero attached hydrogens (tertiary/aromatic N) is 3. The van der Waals surface area contributed by atoms with Gasteiger partial charge in [0.1, 0.15) is 11.6 Å². The molecule has 2 N–H and O–H groups in total. The maximum atomic E-state index is 5.64. The van der Waals surface area contributed by atoms with Crippen LogP contribution < -0.4 is 10.5 Å². The summed E-state index contributed by atoms with van der Waals surface area (Å²) in [5.74, 6) is 1.26. The molecule has 5 nitrogen and oxygen atoms in total. The predicted molar refractivity (Wildman–Crippen MR) is 69.4 cm³/mol. The van der Waals surface area contributed by atoms with E-state index >= 15 is 0 Å². The smallest absolute Gasteiger partial charge is 0.157 e. The average Bonchev–Trinajstić information content (AvgIpc) is 2.77. The lowest BCUT2D eigenvalue weighted by atomic mass is 10.1. The van der Waals surface area contributed by atoms with Crippen LogP contribution in [0.2, 0.25) is 0 Å². The van der Waals surface area contributed by atoms with Crippen LogP contribution in [0.15, 0.2) is 42.7 Å². The van der Waals surface area contributed by atoms with Crippen LogP contribution in [0.5, 0.6) is 5.75 Å². The number of anilines is 1. The number of hydrogen-bond donors (Lipinski definition) is 1. The monoisotopic (exact) mass is 240 g/mol. The molecule has 0 saturated carbocycles. The lowest BCUT2D eigenvalue weighted by molar-refractivity contribution is 0.416. The number of benzene rings is 1. The summed E-state index contributed by atoms with van der Waals surface area (Å²) in [6.07, 6.45) is 3.67. The van der Waals surface area contributed by atoms with Gasteiger partial charge in [-0.3, -0.25) is 0 Å². The number of aromatic nitrogens is 3. The molecule has 2 heterocycles. The summed E-state index contributed by atoms with van der Waals surface area (Å²) in [6.45, 7) is 0. The molecule has 0 unspecified atom stereocenters. The third kappa shape index (κ3) is 1.66. The van der Waals surface area contributed by atoms with Gasteiger partial charge in [-0.2, -0.15) is 0 Å². The SMILES string of the molecule is COc1ccccc1-c1cnc2cc(N)nn2c1. The minimum atomic E-state index is 0.458. The van der Waals surface area contributed by atoms with Gasteiger partial charge in [-0.1, -0.05) is 18.2 Å². The van der Waals surface area contributed by atoms with Crippen LogP contribution >= 0.6 is 0 Å². The fraction of sp³-hybridized carbons (Fsp3) is 0.0769. The highest BCUT2D eigenvalue weighted by Gasteiger charge is 2.07. The molecule has 90 valence electrons. The Hall–Kier alpha value is -2.56. The number of ether oxygens (including phenoxy) is 1. The van der Waals surface area contributed by atoms with Crippen LogP contribution in [-0.2, 0) is 0 Å². The number of nitrogens with two attached hydrogens (primary N) is 1. The molecule has 2 aromatic heterocycles.